The predicted octanol–water partition coefficient (Wildman–Crippen LogP) is 2.33. The van der Waals surface area contributed by atoms with Gasteiger partial charge in [-0.3, -0.25) is 4.79 Å². The van der Waals surface area contributed by atoms with Gasteiger partial charge >= 0.3 is 0 Å². The van der Waals surface area contributed by atoms with Gasteiger partial charge in [0.2, 0.25) is 11.0 Å². The highest BCUT2D eigenvalue weighted by Crippen LogP contribution is 2.34. The summed E-state index contributed by atoms with van der Waals surface area (Å²) in [5, 5.41) is 19.0. The quantitative estimate of drug-likeness (QED) is 0.788. The lowest BCUT2D eigenvalue weighted by Gasteiger charge is -2.29. The molecule has 9 heteroatoms. The van der Waals surface area contributed by atoms with Gasteiger partial charge in [0.05, 0.1) is 0 Å². The zero-order chi connectivity index (χ0) is 16.6. The van der Waals surface area contributed by atoms with Gasteiger partial charge in [-0.2, -0.15) is 0 Å². The summed E-state index contributed by atoms with van der Waals surface area (Å²) in [6.45, 7) is 7.81. The van der Waals surface area contributed by atoms with Crippen LogP contribution in [0.2, 0.25) is 0 Å². The van der Waals surface area contributed by atoms with E-state index in [0.29, 0.717) is 28.3 Å². The number of carbonyl (C=O) groups excluding carboxylic acids is 1. The van der Waals surface area contributed by atoms with Crippen molar-refractivity contribution < 1.29 is 4.79 Å². The number of nitrogens with zero attached hydrogens (tertiary/aromatic N) is 4. The number of amides is 1. The van der Waals surface area contributed by atoms with Crippen molar-refractivity contribution in [3.8, 4) is 0 Å². The van der Waals surface area contributed by atoms with Gasteiger partial charge in [-0.1, -0.05) is 32.1 Å². The molecule has 1 unspecified atom stereocenters. The van der Waals surface area contributed by atoms with E-state index in [9.17, 15) is 4.79 Å². The van der Waals surface area contributed by atoms with E-state index >= 15 is 0 Å². The topological polar surface area (TPSA) is 105 Å². The van der Waals surface area contributed by atoms with E-state index in [1.165, 1.54) is 11.3 Å². The summed E-state index contributed by atoms with van der Waals surface area (Å²) in [5.41, 5.74) is 0.547. The van der Waals surface area contributed by atoms with Crippen LogP contribution in [0.15, 0.2) is 0 Å². The smallest absolute Gasteiger partial charge is 0.247 e. The molecule has 2 aromatic rings. The molecule has 0 saturated heterocycles. The molecule has 0 saturated carbocycles. The zero-order valence-electron chi connectivity index (χ0n) is 13.5. The lowest BCUT2D eigenvalue weighted by atomic mass is 10.0. The van der Waals surface area contributed by atoms with E-state index < -0.39 is 0 Å². The van der Waals surface area contributed by atoms with E-state index in [1.807, 2.05) is 27.7 Å². The Morgan fingerprint density at radius 1 is 1.30 bits per heavy atom. The third-order valence-corrected chi connectivity index (χ3v) is 4.49. The fourth-order valence-electron chi connectivity index (χ4n) is 2.32. The molecule has 0 radical (unpaired) electrons. The molecule has 0 fully saturated rings. The van der Waals surface area contributed by atoms with Crippen molar-refractivity contribution in [3.05, 3.63) is 10.8 Å². The molecule has 3 N–H and O–H groups in total. The maximum Gasteiger partial charge on any atom is 0.247 e. The second-order valence-electron chi connectivity index (χ2n) is 5.68. The molecule has 0 bridgehead atoms. The molecule has 1 atom stereocenters. The zero-order valence-corrected chi connectivity index (χ0v) is 14.3. The average molecular weight is 333 g/mol. The highest BCUT2D eigenvalue weighted by Gasteiger charge is 2.31. The van der Waals surface area contributed by atoms with Crippen molar-refractivity contribution in [2.24, 2.45) is 5.92 Å². The molecule has 3 heterocycles. The summed E-state index contributed by atoms with van der Waals surface area (Å²) in [7, 11) is 0. The van der Waals surface area contributed by atoms with Crippen LogP contribution in [0.3, 0.4) is 0 Å². The molecule has 2 aromatic heterocycles. The number of aromatic nitrogens is 4. The summed E-state index contributed by atoms with van der Waals surface area (Å²) in [4.78, 5) is 21.0. The van der Waals surface area contributed by atoms with Crippen molar-refractivity contribution in [3.63, 3.8) is 0 Å². The first-order valence-electron chi connectivity index (χ1n) is 7.53. The van der Waals surface area contributed by atoms with Crippen molar-refractivity contribution in [2.45, 2.75) is 40.2 Å². The number of rotatable bonds is 4. The minimum Gasteiger partial charge on any atom is -0.356 e. The van der Waals surface area contributed by atoms with Crippen LogP contribution in [-0.2, 0) is 11.2 Å². The molecule has 23 heavy (non-hydrogen) atoms. The molecule has 1 aliphatic rings. The average Bonchev–Trinajstić information content (AvgIpc) is 2.95. The molecule has 0 spiro atoms. The fourth-order valence-corrected chi connectivity index (χ4v) is 3.00. The van der Waals surface area contributed by atoms with E-state index in [4.69, 9.17) is 0 Å². The summed E-state index contributed by atoms with van der Waals surface area (Å²) in [5.74, 6) is 1.82. The SMILES string of the molecule is CCc1nnc(Nc2nc(C)nc3c2NC(=O)C(C(C)C)N3)s1. The molecule has 122 valence electrons. The Labute approximate surface area is 138 Å². The summed E-state index contributed by atoms with van der Waals surface area (Å²) < 4.78 is 0. The number of anilines is 4. The van der Waals surface area contributed by atoms with Gasteiger partial charge in [-0.15, -0.1) is 10.2 Å². The molecular weight excluding hydrogens is 314 g/mol. The molecule has 0 aromatic carbocycles. The largest absolute Gasteiger partial charge is 0.356 e. The van der Waals surface area contributed by atoms with Crippen LogP contribution in [0, 0.1) is 12.8 Å². The molecular formula is C14H19N7OS. The Balaban J connectivity index is 1.94. The monoisotopic (exact) mass is 333 g/mol. The van der Waals surface area contributed by atoms with E-state index in [1.54, 1.807) is 0 Å². The second-order valence-corrected chi connectivity index (χ2v) is 6.74. The minimum atomic E-state index is -0.308. The fraction of sp³-hybridized carbons (Fsp3) is 0.500. The summed E-state index contributed by atoms with van der Waals surface area (Å²) in [6.07, 6.45) is 0.828. The van der Waals surface area contributed by atoms with Crippen LogP contribution in [0.1, 0.15) is 31.6 Å². The number of carbonyl (C=O) groups is 1. The Hall–Kier alpha value is -2.29. The maximum absolute atomic E-state index is 12.3. The lowest BCUT2D eigenvalue weighted by Crippen LogP contribution is -2.43. The highest BCUT2D eigenvalue weighted by atomic mass is 32.1. The first-order valence-corrected chi connectivity index (χ1v) is 8.35. The molecule has 3 rings (SSSR count). The number of aryl methyl sites for hydroxylation is 2. The first kappa shape index (κ1) is 15.6. The maximum atomic E-state index is 12.3. The number of nitrogens with one attached hydrogen (secondary N) is 3. The molecule has 8 nitrogen and oxygen atoms in total. The first-order chi connectivity index (χ1) is 11.0. The van der Waals surface area contributed by atoms with Crippen LogP contribution in [0.5, 0.6) is 0 Å². The Bertz CT molecular complexity index is 743. The van der Waals surface area contributed by atoms with Crippen LogP contribution >= 0.6 is 11.3 Å². The normalized spacial score (nSPS) is 16.7. The van der Waals surface area contributed by atoms with Gasteiger partial charge < -0.3 is 16.0 Å². The van der Waals surface area contributed by atoms with Crippen molar-refractivity contribution >= 4 is 39.7 Å². The predicted molar refractivity (Wildman–Crippen MR) is 90.2 cm³/mol. The Kier molecular flexibility index (Phi) is 4.12. The Morgan fingerprint density at radius 3 is 2.74 bits per heavy atom. The minimum absolute atomic E-state index is 0.0884. The van der Waals surface area contributed by atoms with Gasteiger partial charge in [0.15, 0.2) is 11.6 Å². The van der Waals surface area contributed by atoms with Gasteiger partial charge in [0, 0.05) is 0 Å². The summed E-state index contributed by atoms with van der Waals surface area (Å²) >= 11 is 1.46. The van der Waals surface area contributed by atoms with Gasteiger partial charge in [0.1, 0.15) is 22.6 Å². The molecule has 1 aliphatic heterocycles. The van der Waals surface area contributed by atoms with Crippen LogP contribution in [0.4, 0.5) is 22.5 Å². The van der Waals surface area contributed by atoms with Gasteiger partial charge in [-0.25, -0.2) is 9.97 Å². The Morgan fingerprint density at radius 2 is 2.09 bits per heavy atom. The van der Waals surface area contributed by atoms with E-state index in [-0.39, 0.29) is 17.9 Å². The third-order valence-electron chi connectivity index (χ3n) is 3.51. The van der Waals surface area contributed by atoms with Crippen LogP contribution in [-0.4, -0.2) is 32.1 Å². The van der Waals surface area contributed by atoms with E-state index in [0.717, 1.165) is 11.4 Å². The molecule has 1 amide bonds. The van der Waals surface area contributed by atoms with Crippen molar-refractivity contribution in [1.82, 2.24) is 20.2 Å². The van der Waals surface area contributed by atoms with Crippen LogP contribution in [0.25, 0.3) is 0 Å². The summed E-state index contributed by atoms with van der Waals surface area (Å²) in [6, 6.07) is -0.308. The lowest BCUT2D eigenvalue weighted by molar-refractivity contribution is -0.117. The van der Waals surface area contributed by atoms with Crippen LogP contribution < -0.4 is 16.0 Å². The third kappa shape index (κ3) is 3.09. The van der Waals surface area contributed by atoms with Crippen molar-refractivity contribution in [2.75, 3.05) is 16.0 Å². The molecule has 0 aliphatic carbocycles. The number of fused-ring (bicyclic) bond motifs is 1. The standard InChI is InChI=1S/C14H19N7OS/c1-5-8-20-21-14(23-8)19-12-10-11(15-7(4)16-12)17-9(6(2)3)13(22)18-10/h6,9H,5H2,1-4H3,(H,18,22)(H2,15,16,17,19,21). The van der Waals surface area contributed by atoms with Gasteiger partial charge in [0.25, 0.3) is 0 Å². The second kappa shape index (κ2) is 6.07. The van der Waals surface area contributed by atoms with E-state index in [2.05, 4.69) is 36.1 Å². The number of hydrogen-bond donors (Lipinski definition) is 3. The van der Waals surface area contributed by atoms with Gasteiger partial charge in [-0.05, 0) is 19.3 Å². The van der Waals surface area contributed by atoms with Crippen molar-refractivity contribution in [1.29, 1.82) is 0 Å². The highest BCUT2D eigenvalue weighted by molar-refractivity contribution is 7.15. The number of hydrogen-bond acceptors (Lipinski definition) is 8.